The molecule has 0 aliphatic heterocycles. The Kier molecular flexibility index (Phi) is 3.85. The molecule has 96 valence electrons. The van der Waals surface area contributed by atoms with E-state index in [2.05, 4.69) is 51.2 Å². The second-order valence-electron chi connectivity index (χ2n) is 4.79. The molecule has 1 N–H and O–H groups in total. The van der Waals surface area contributed by atoms with Gasteiger partial charge in [-0.1, -0.05) is 32.0 Å². The fraction of sp³-hybridized carbons (Fsp3) is 0.438. The lowest BCUT2D eigenvalue weighted by Crippen LogP contribution is -2.05. The van der Waals surface area contributed by atoms with Gasteiger partial charge in [0.2, 0.25) is 0 Å². The summed E-state index contributed by atoms with van der Waals surface area (Å²) in [6, 6.07) is 6.48. The van der Waals surface area contributed by atoms with Crippen molar-refractivity contribution in [2.45, 2.75) is 40.5 Å². The van der Waals surface area contributed by atoms with Crippen molar-refractivity contribution in [3.8, 4) is 0 Å². The minimum Gasteiger partial charge on any atom is -0.384 e. The van der Waals surface area contributed by atoms with Crippen molar-refractivity contribution >= 4 is 16.6 Å². The molecule has 0 saturated heterocycles. The lowest BCUT2D eigenvalue weighted by atomic mass is 10.0. The van der Waals surface area contributed by atoms with Crippen LogP contribution in [0.4, 0.5) is 5.69 Å². The van der Waals surface area contributed by atoms with Gasteiger partial charge in [-0.3, -0.25) is 4.98 Å². The van der Waals surface area contributed by atoms with Crippen LogP contribution in [-0.2, 0) is 6.42 Å². The predicted octanol–water partition coefficient (Wildman–Crippen LogP) is 4.24. The Hall–Kier alpha value is -1.57. The third-order valence-corrected chi connectivity index (χ3v) is 3.52. The van der Waals surface area contributed by atoms with Crippen LogP contribution in [0.2, 0.25) is 0 Å². The van der Waals surface area contributed by atoms with E-state index >= 15 is 0 Å². The number of aromatic nitrogens is 1. The van der Waals surface area contributed by atoms with Gasteiger partial charge >= 0.3 is 0 Å². The van der Waals surface area contributed by atoms with Crippen LogP contribution in [0.1, 0.15) is 37.1 Å². The summed E-state index contributed by atoms with van der Waals surface area (Å²) in [5, 5.41) is 4.81. The highest BCUT2D eigenvalue weighted by Crippen LogP contribution is 2.29. The molecule has 0 fully saturated rings. The van der Waals surface area contributed by atoms with Crippen LogP contribution >= 0.6 is 0 Å². The molecule has 2 aromatic rings. The molecule has 0 atom stereocenters. The molecule has 0 spiro atoms. The van der Waals surface area contributed by atoms with Gasteiger partial charge in [-0.2, -0.15) is 0 Å². The van der Waals surface area contributed by atoms with Crippen LogP contribution in [-0.4, -0.2) is 11.5 Å². The minimum absolute atomic E-state index is 1.01. The van der Waals surface area contributed by atoms with Crippen molar-refractivity contribution in [1.82, 2.24) is 4.98 Å². The van der Waals surface area contributed by atoms with E-state index < -0.39 is 0 Å². The summed E-state index contributed by atoms with van der Waals surface area (Å²) >= 11 is 0. The predicted molar refractivity (Wildman–Crippen MR) is 79.4 cm³/mol. The fourth-order valence-electron chi connectivity index (χ4n) is 2.32. The molecule has 0 bridgehead atoms. The van der Waals surface area contributed by atoms with Crippen molar-refractivity contribution in [2.24, 2.45) is 0 Å². The van der Waals surface area contributed by atoms with Crippen molar-refractivity contribution in [3.05, 3.63) is 35.0 Å². The number of pyridine rings is 1. The molecule has 18 heavy (non-hydrogen) atoms. The number of hydrogen-bond acceptors (Lipinski definition) is 2. The second-order valence-corrected chi connectivity index (χ2v) is 4.79. The molecule has 0 radical (unpaired) electrons. The lowest BCUT2D eigenvalue weighted by molar-refractivity contribution is 0.976. The van der Waals surface area contributed by atoms with Gasteiger partial charge in [-0.25, -0.2) is 0 Å². The Morgan fingerprint density at radius 2 is 1.94 bits per heavy atom. The normalized spacial score (nSPS) is 10.9. The molecule has 2 rings (SSSR count). The number of nitrogens with zero attached hydrogens (tertiary/aromatic N) is 1. The zero-order valence-corrected chi connectivity index (χ0v) is 11.8. The molecule has 2 heteroatoms. The Morgan fingerprint density at radius 1 is 1.17 bits per heavy atom. The zero-order chi connectivity index (χ0) is 13.1. The standard InChI is InChI=1S/C16H22N2/c1-5-10-17-15-11(3)12(4)18-16-13(6-2)8-7-9-14(15)16/h7-9H,5-6,10H2,1-4H3,(H,17,18). The average Bonchev–Trinajstić information content (AvgIpc) is 2.39. The number of fused-ring (bicyclic) bond motifs is 1. The topological polar surface area (TPSA) is 24.9 Å². The molecule has 0 unspecified atom stereocenters. The maximum atomic E-state index is 4.77. The van der Waals surface area contributed by atoms with Gasteiger partial charge in [0.15, 0.2) is 0 Å². The van der Waals surface area contributed by atoms with E-state index in [-0.39, 0.29) is 0 Å². The van der Waals surface area contributed by atoms with Gasteiger partial charge in [0.25, 0.3) is 0 Å². The summed E-state index contributed by atoms with van der Waals surface area (Å²) in [6.07, 6.45) is 2.16. The van der Waals surface area contributed by atoms with E-state index in [9.17, 15) is 0 Å². The van der Waals surface area contributed by atoms with Gasteiger partial charge in [-0.15, -0.1) is 0 Å². The summed E-state index contributed by atoms with van der Waals surface area (Å²) in [6.45, 7) is 9.63. The van der Waals surface area contributed by atoms with Crippen LogP contribution in [0.5, 0.6) is 0 Å². The number of anilines is 1. The first-order chi connectivity index (χ1) is 8.69. The molecule has 0 amide bonds. The first kappa shape index (κ1) is 12.9. The molecular formula is C16H22N2. The molecular weight excluding hydrogens is 220 g/mol. The lowest BCUT2D eigenvalue weighted by Gasteiger charge is -2.15. The number of aryl methyl sites for hydroxylation is 2. The molecule has 2 nitrogen and oxygen atoms in total. The minimum atomic E-state index is 1.01. The van der Waals surface area contributed by atoms with E-state index in [1.807, 2.05) is 0 Å². The van der Waals surface area contributed by atoms with E-state index in [4.69, 9.17) is 4.98 Å². The first-order valence-electron chi connectivity index (χ1n) is 6.81. The maximum absolute atomic E-state index is 4.77. The van der Waals surface area contributed by atoms with Crippen LogP contribution in [0, 0.1) is 13.8 Å². The third kappa shape index (κ3) is 2.20. The van der Waals surface area contributed by atoms with Crippen molar-refractivity contribution in [1.29, 1.82) is 0 Å². The Balaban J connectivity index is 2.69. The number of para-hydroxylation sites is 1. The van der Waals surface area contributed by atoms with Crippen molar-refractivity contribution in [3.63, 3.8) is 0 Å². The maximum Gasteiger partial charge on any atom is 0.0757 e. The monoisotopic (exact) mass is 242 g/mol. The van der Waals surface area contributed by atoms with Crippen LogP contribution < -0.4 is 5.32 Å². The molecule has 1 heterocycles. The van der Waals surface area contributed by atoms with Crippen molar-refractivity contribution < 1.29 is 0 Å². The second kappa shape index (κ2) is 5.38. The number of nitrogens with one attached hydrogen (secondary N) is 1. The largest absolute Gasteiger partial charge is 0.384 e. The summed E-state index contributed by atoms with van der Waals surface area (Å²) in [7, 11) is 0. The quantitative estimate of drug-likeness (QED) is 0.867. The molecule has 1 aromatic heterocycles. The highest BCUT2D eigenvalue weighted by Gasteiger charge is 2.10. The van der Waals surface area contributed by atoms with Gasteiger partial charge in [-0.05, 0) is 37.8 Å². The summed E-state index contributed by atoms with van der Waals surface area (Å²) in [5.74, 6) is 0. The van der Waals surface area contributed by atoms with E-state index in [1.165, 1.54) is 22.2 Å². The number of hydrogen-bond donors (Lipinski definition) is 1. The number of benzene rings is 1. The summed E-state index contributed by atoms with van der Waals surface area (Å²) < 4.78 is 0. The van der Waals surface area contributed by atoms with Gasteiger partial charge in [0, 0.05) is 23.3 Å². The van der Waals surface area contributed by atoms with E-state index in [0.717, 1.165) is 30.6 Å². The number of rotatable bonds is 4. The van der Waals surface area contributed by atoms with E-state index in [1.54, 1.807) is 0 Å². The van der Waals surface area contributed by atoms with Gasteiger partial charge in [0.05, 0.1) is 5.52 Å². The molecule has 0 saturated carbocycles. The van der Waals surface area contributed by atoms with E-state index in [0.29, 0.717) is 0 Å². The van der Waals surface area contributed by atoms with Crippen molar-refractivity contribution in [2.75, 3.05) is 11.9 Å². The van der Waals surface area contributed by atoms with Gasteiger partial charge in [0.1, 0.15) is 0 Å². The molecule has 1 aromatic carbocycles. The summed E-state index contributed by atoms with van der Waals surface area (Å²) in [4.78, 5) is 4.77. The Morgan fingerprint density at radius 3 is 2.61 bits per heavy atom. The Bertz CT molecular complexity index is 559. The first-order valence-corrected chi connectivity index (χ1v) is 6.81. The smallest absolute Gasteiger partial charge is 0.0757 e. The summed E-state index contributed by atoms with van der Waals surface area (Å²) in [5.41, 5.74) is 6.14. The van der Waals surface area contributed by atoms with Gasteiger partial charge < -0.3 is 5.32 Å². The van der Waals surface area contributed by atoms with Crippen LogP contribution in [0.25, 0.3) is 10.9 Å². The van der Waals surface area contributed by atoms with Crippen LogP contribution in [0.3, 0.4) is 0 Å². The SMILES string of the molecule is CCCNc1c(C)c(C)nc2c(CC)cccc12. The zero-order valence-electron chi connectivity index (χ0n) is 11.8. The highest BCUT2D eigenvalue weighted by molar-refractivity contribution is 5.95. The highest BCUT2D eigenvalue weighted by atomic mass is 14.9. The average molecular weight is 242 g/mol. The molecule has 0 aliphatic rings. The fourth-order valence-corrected chi connectivity index (χ4v) is 2.32. The molecule has 0 aliphatic carbocycles. The van der Waals surface area contributed by atoms with Crippen LogP contribution in [0.15, 0.2) is 18.2 Å². The Labute approximate surface area is 109 Å². The third-order valence-electron chi connectivity index (χ3n) is 3.52.